The number of nitrogens with zero attached hydrogens (tertiary/aromatic N) is 1. The summed E-state index contributed by atoms with van der Waals surface area (Å²) in [6.45, 7) is 1.55. The highest BCUT2D eigenvalue weighted by Gasteiger charge is 2.23. The van der Waals surface area contributed by atoms with Crippen molar-refractivity contribution in [2.45, 2.75) is 31.7 Å². The van der Waals surface area contributed by atoms with Gasteiger partial charge in [-0.15, -0.1) is 0 Å². The van der Waals surface area contributed by atoms with Crippen LogP contribution in [0.4, 0.5) is 5.69 Å². The minimum atomic E-state index is 0.0268. The first-order chi connectivity index (χ1) is 9.70. The Bertz CT molecular complexity index is 451. The molecule has 1 unspecified atom stereocenters. The van der Waals surface area contributed by atoms with E-state index in [2.05, 4.69) is 32.8 Å². The third-order valence-corrected chi connectivity index (χ3v) is 4.65. The molecule has 0 aromatic heterocycles. The van der Waals surface area contributed by atoms with E-state index in [1.54, 1.807) is 0 Å². The molecule has 0 aliphatic carbocycles. The molecular formula is C15H21IN2O2. The predicted molar refractivity (Wildman–Crippen MR) is 88.7 cm³/mol. The van der Waals surface area contributed by atoms with Crippen molar-refractivity contribution in [2.75, 3.05) is 25.0 Å². The molecule has 1 aromatic carbocycles. The maximum Gasteiger partial charge on any atom is 0.238 e. The molecule has 1 aromatic rings. The molecule has 0 radical (unpaired) electrons. The first kappa shape index (κ1) is 15.7. The Morgan fingerprint density at radius 3 is 2.95 bits per heavy atom. The van der Waals surface area contributed by atoms with Gasteiger partial charge >= 0.3 is 0 Å². The zero-order valence-electron chi connectivity index (χ0n) is 11.5. The van der Waals surface area contributed by atoms with Gasteiger partial charge in [0, 0.05) is 16.2 Å². The number of nitrogens with one attached hydrogen (secondary N) is 1. The highest BCUT2D eigenvalue weighted by molar-refractivity contribution is 14.1. The Morgan fingerprint density at radius 1 is 1.40 bits per heavy atom. The molecule has 2 N–H and O–H groups in total. The van der Waals surface area contributed by atoms with Crippen molar-refractivity contribution in [1.82, 2.24) is 4.90 Å². The number of benzene rings is 1. The van der Waals surface area contributed by atoms with E-state index in [9.17, 15) is 4.79 Å². The summed E-state index contributed by atoms with van der Waals surface area (Å²) in [5.41, 5.74) is 0.869. The second-order valence-electron chi connectivity index (χ2n) is 5.16. The highest BCUT2D eigenvalue weighted by Crippen LogP contribution is 2.20. The Hall–Kier alpha value is -0.660. The molecule has 0 bridgehead atoms. The van der Waals surface area contributed by atoms with Crippen LogP contribution in [0.15, 0.2) is 24.3 Å². The highest BCUT2D eigenvalue weighted by atomic mass is 127. The molecular weight excluding hydrogens is 367 g/mol. The average molecular weight is 388 g/mol. The topological polar surface area (TPSA) is 52.6 Å². The molecule has 1 atom stereocenters. The summed E-state index contributed by atoms with van der Waals surface area (Å²) in [5, 5.41) is 12.1. The first-order valence-corrected chi connectivity index (χ1v) is 8.18. The number of anilines is 1. The fourth-order valence-corrected chi connectivity index (χ4v) is 3.20. The van der Waals surface area contributed by atoms with Crippen LogP contribution in [0.1, 0.15) is 25.7 Å². The van der Waals surface area contributed by atoms with Gasteiger partial charge in [0.1, 0.15) is 0 Å². The van der Waals surface area contributed by atoms with Crippen molar-refractivity contribution in [3.63, 3.8) is 0 Å². The minimum Gasteiger partial charge on any atom is -0.396 e. The van der Waals surface area contributed by atoms with Crippen LogP contribution >= 0.6 is 22.6 Å². The second kappa shape index (κ2) is 7.95. The van der Waals surface area contributed by atoms with Crippen molar-refractivity contribution in [3.05, 3.63) is 27.8 Å². The van der Waals surface area contributed by atoms with Crippen LogP contribution in [-0.4, -0.2) is 41.7 Å². The van der Waals surface area contributed by atoms with Gasteiger partial charge in [-0.3, -0.25) is 9.69 Å². The number of aliphatic hydroxyl groups is 1. The van der Waals surface area contributed by atoms with Gasteiger partial charge in [0.15, 0.2) is 0 Å². The van der Waals surface area contributed by atoms with E-state index in [0.29, 0.717) is 12.6 Å². The fourth-order valence-electron chi connectivity index (χ4n) is 2.68. The number of amides is 1. The van der Waals surface area contributed by atoms with E-state index < -0.39 is 0 Å². The molecule has 1 amide bonds. The quantitative estimate of drug-likeness (QED) is 0.763. The van der Waals surface area contributed by atoms with Crippen molar-refractivity contribution in [1.29, 1.82) is 0 Å². The zero-order valence-corrected chi connectivity index (χ0v) is 13.7. The summed E-state index contributed by atoms with van der Waals surface area (Å²) in [6.07, 6.45) is 4.17. The zero-order chi connectivity index (χ0) is 14.4. The predicted octanol–water partition coefficient (Wildman–Crippen LogP) is 2.47. The van der Waals surface area contributed by atoms with Crippen LogP contribution in [0.2, 0.25) is 0 Å². The first-order valence-electron chi connectivity index (χ1n) is 7.10. The molecule has 1 fully saturated rings. The van der Waals surface area contributed by atoms with Gasteiger partial charge in [-0.1, -0.05) is 18.6 Å². The lowest BCUT2D eigenvalue weighted by Gasteiger charge is -2.34. The van der Waals surface area contributed by atoms with E-state index in [4.69, 9.17) is 5.11 Å². The van der Waals surface area contributed by atoms with Crippen LogP contribution in [0.25, 0.3) is 0 Å². The lowest BCUT2D eigenvalue weighted by Crippen LogP contribution is -2.44. The maximum absolute atomic E-state index is 12.2. The van der Waals surface area contributed by atoms with Crippen LogP contribution in [0, 0.1) is 3.57 Å². The van der Waals surface area contributed by atoms with E-state index in [1.165, 1.54) is 6.42 Å². The van der Waals surface area contributed by atoms with Crippen molar-refractivity contribution in [2.24, 2.45) is 0 Å². The molecule has 20 heavy (non-hydrogen) atoms. The molecule has 5 heteroatoms. The van der Waals surface area contributed by atoms with Crippen molar-refractivity contribution >= 4 is 34.2 Å². The molecule has 1 aliphatic rings. The second-order valence-corrected chi connectivity index (χ2v) is 6.32. The van der Waals surface area contributed by atoms with Gasteiger partial charge in [0.2, 0.25) is 5.91 Å². The number of piperidine rings is 1. The summed E-state index contributed by atoms with van der Waals surface area (Å²) < 4.78 is 1.05. The molecule has 2 rings (SSSR count). The van der Waals surface area contributed by atoms with Gasteiger partial charge in [0.25, 0.3) is 0 Å². The van der Waals surface area contributed by atoms with Crippen LogP contribution in [0.3, 0.4) is 0 Å². The van der Waals surface area contributed by atoms with Gasteiger partial charge in [-0.25, -0.2) is 0 Å². The number of carbonyl (C=O) groups is 1. The molecule has 1 saturated heterocycles. The normalized spacial score (nSPS) is 19.8. The van der Waals surface area contributed by atoms with Crippen LogP contribution in [-0.2, 0) is 4.79 Å². The van der Waals surface area contributed by atoms with E-state index in [-0.39, 0.29) is 12.5 Å². The van der Waals surface area contributed by atoms with Crippen LogP contribution < -0.4 is 5.32 Å². The molecule has 1 aliphatic heterocycles. The summed E-state index contributed by atoms with van der Waals surface area (Å²) in [7, 11) is 0. The molecule has 110 valence electrons. The largest absolute Gasteiger partial charge is 0.396 e. The molecule has 1 heterocycles. The molecule has 4 nitrogen and oxygen atoms in total. The van der Waals surface area contributed by atoms with Gasteiger partial charge < -0.3 is 10.4 Å². The summed E-state index contributed by atoms with van der Waals surface area (Å²) in [5.74, 6) is 0.0268. The van der Waals surface area contributed by atoms with Gasteiger partial charge in [0.05, 0.1) is 12.2 Å². The number of likely N-dealkylation sites (tertiary alicyclic amines) is 1. The maximum atomic E-state index is 12.2. The summed E-state index contributed by atoms with van der Waals surface area (Å²) in [4.78, 5) is 14.4. The monoisotopic (exact) mass is 388 g/mol. The lowest BCUT2D eigenvalue weighted by molar-refractivity contribution is -0.118. The lowest BCUT2D eigenvalue weighted by atomic mass is 10.00. The number of carbonyl (C=O) groups excluding carboxylic acids is 1. The fraction of sp³-hybridized carbons (Fsp3) is 0.533. The number of para-hydroxylation sites is 1. The van der Waals surface area contributed by atoms with E-state index >= 15 is 0 Å². The number of hydrogen-bond donors (Lipinski definition) is 2. The Balaban J connectivity index is 1.91. The third-order valence-electron chi connectivity index (χ3n) is 3.71. The van der Waals surface area contributed by atoms with Gasteiger partial charge in [-0.2, -0.15) is 0 Å². The SMILES string of the molecule is O=C(CN1CCCCC1CCO)Nc1ccccc1I. The Kier molecular flexibility index (Phi) is 6.25. The van der Waals surface area contributed by atoms with Crippen molar-refractivity contribution < 1.29 is 9.90 Å². The Morgan fingerprint density at radius 2 is 2.20 bits per heavy atom. The third kappa shape index (κ3) is 4.43. The number of rotatable bonds is 5. The average Bonchev–Trinajstić information content (AvgIpc) is 2.44. The van der Waals surface area contributed by atoms with Gasteiger partial charge in [-0.05, 0) is 60.5 Å². The number of halogens is 1. The summed E-state index contributed by atoms with van der Waals surface area (Å²) in [6, 6.07) is 8.12. The number of hydrogen-bond acceptors (Lipinski definition) is 3. The Labute approximate surface area is 133 Å². The standard InChI is InChI=1S/C15H21IN2O2/c16-13-6-1-2-7-14(13)17-15(20)11-18-9-4-3-5-12(18)8-10-19/h1-2,6-7,12,19H,3-5,8-11H2,(H,17,20). The van der Waals surface area contributed by atoms with E-state index in [1.807, 2.05) is 24.3 Å². The summed E-state index contributed by atoms with van der Waals surface area (Å²) >= 11 is 2.22. The molecule has 0 saturated carbocycles. The van der Waals surface area contributed by atoms with E-state index in [0.717, 1.165) is 35.1 Å². The van der Waals surface area contributed by atoms with Crippen LogP contribution in [0.5, 0.6) is 0 Å². The van der Waals surface area contributed by atoms with Crippen molar-refractivity contribution in [3.8, 4) is 0 Å². The smallest absolute Gasteiger partial charge is 0.238 e. The molecule has 0 spiro atoms. The minimum absolute atomic E-state index is 0.0268. The number of aliphatic hydroxyl groups excluding tert-OH is 1.